The number of hydrogen-bond donors (Lipinski definition) is 6. The average Bonchev–Trinajstić information content (AvgIpc) is 3.39. The largest absolute Gasteiger partial charge is 0.529 e. The van der Waals surface area contributed by atoms with Gasteiger partial charge < -0.3 is 36.3 Å². The number of anilines is 1. The first-order valence-electron chi connectivity index (χ1n) is 11.2. The first kappa shape index (κ1) is 27.9. The maximum absolute atomic E-state index is 12.2. The molecule has 0 radical (unpaired) electrons. The van der Waals surface area contributed by atoms with E-state index < -0.39 is 51.0 Å². The molecule has 1 unspecified atom stereocenters. The molecule has 3 rings (SSSR count). The second-order valence-electron chi connectivity index (χ2n) is 8.11. The summed E-state index contributed by atoms with van der Waals surface area (Å²) in [5.74, 6) is -1.13. The number of nitrogens with one attached hydrogen (secondary N) is 1. The lowest BCUT2D eigenvalue weighted by Gasteiger charge is -2.18. The summed E-state index contributed by atoms with van der Waals surface area (Å²) in [5.41, 5.74) is 12.0. The number of ether oxygens (including phenoxy) is 1. The molecule has 200 valence electrons. The van der Waals surface area contributed by atoms with Crippen molar-refractivity contribution in [3.63, 3.8) is 0 Å². The molecule has 36 heavy (non-hydrogen) atoms. The maximum Gasteiger partial charge on any atom is 0.529 e. The van der Waals surface area contributed by atoms with Crippen LogP contribution in [0, 0.1) is 0 Å². The number of hydrogen-bond acceptors (Lipinski definition) is 13. The van der Waals surface area contributed by atoms with Gasteiger partial charge in [0, 0.05) is 13.0 Å². The Kier molecular flexibility index (Phi) is 9.30. The fourth-order valence-electron chi connectivity index (χ4n) is 3.49. The minimum Gasteiger partial charge on any atom is -0.387 e. The van der Waals surface area contributed by atoms with Gasteiger partial charge >= 0.3 is 13.8 Å². The lowest BCUT2D eigenvalue weighted by molar-refractivity contribution is -0.138. The highest BCUT2D eigenvalue weighted by atomic mass is 31.2. The number of phosphoric ester groups is 1. The van der Waals surface area contributed by atoms with E-state index in [0.717, 1.165) is 0 Å². The molecule has 2 aromatic heterocycles. The fraction of sp³-hybridized carbons (Fsp3) is 0.632. The van der Waals surface area contributed by atoms with Gasteiger partial charge in [0.2, 0.25) is 5.91 Å². The smallest absolute Gasteiger partial charge is 0.387 e. The molecule has 6 atom stereocenters. The Morgan fingerprint density at radius 3 is 2.75 bits per heavy atom. The molecule has 1 saturated heterocycles. The van der Waals surface area contributed by atoms with Crippen LogP contribution in [0.3, 0.4) is 0 Å². The molecule has 17 heteroatoms. The number of fused-ring (bicyclic) bond motifs is 1. The lowest BCUT2D eigenvalue weighted by atomic mass is 10.1. The molecule has 2 aromatic rings. The van der Waals surface area contributed by atoms with E-state index in [2.05, 4.69) is 24.8 Å². The van der Waals surface area contributed by atoms with Crippen molar-refractivity contribution >= 4 is 36.7 Å². The van der Waals surface area contributed by atoms with Crippen molar-refractivity contribution in [2.24, 2.45) is 5.73 Å². The molecule has 3 heterocycles. The summed E-state index contributed by atoms with van der Waals surface area (Å²) in [5, 5.41) is 23.4. The lowest BCUT2D eigenvalue weighted by Crippen LogP contribution is -2.34. The summed E-state index contributed by atoms with van der Waals surface area (Å²) in [6.07, 6.45) is -1.37. The Bertz CT molecular complexity index is 1120. The molecule has 16 nitrogen and oxygen atoms in total. The standard InChI is InChI=1S/C19H30N7O9P/c1-2-12(27)22-6-4-3-5-10(20)19(30)35-36(31,32)33-7-11-14(28)15(29)18(34-11)26-9-25-13-16(21)23-8-24-17(13)26/h8-11,14-15,18,28-29H,2-7,20H2,1H3,(H,22,27)(H,31,32)(H2,21,23,24)/t10-,11+,14+,15+,18+/m0/s1. The Morgan fingerprint density at radius 1 is 1.28 bits per heavy atom. The molecule has 1 fully saturated rings. The van der Waals surface area contributed by atoms with Crippen LogP contribution >= 0.6 is 7.82 Å². The van der Waals surface area contributed by atoms with Gasteiger partial charge in [-0.3, -0.25) is 18.8 Å². The number of aliphatic hydroxyl groups excluding tert-OH is 2. The molecule has 0 saturated carbocycles. The quantitative estimate of drug-likeness (QED) is 0.138. The number of carbonyl (C=O) groups is 2. The van der Waals surface area contributed by atoms with E-state index in [9.17, 15) is 29.3 Å². The third kappa shape index (κ3) is 6.73. The van der Waals surface area contributed by atoms with E-state index in [1.165, 1.54) is 17.2 Å². The van der Waals surface area contributed by atoms with Crippen molar-refractivity contribution < 1.29 is 43.0 Å². The zero-order valence-corrected chi connectivity index (χ0v) is 20.4. The van der Waals surface area contributed by atoms with E-state index in [0.29, 0.717) is 25.8 Å². The summed E-state index contributed by atoms with van der Waals surface area (Å²) in [7, 11) is -4.90. The first-order valence-corrected chi connectivity index (χ1v) is 12.7. The summed E-state index contributed by atoms with van der Waals surface area (Å²) in [6, 6.07) is -1.18. The number of amides is 1. The Hall–Kier alpha value is -2.72. The van der Waals surface area contributed by atoms with Gasteiger partial charge in [0.1, 0.15) is 36.2 Å². The van der Waals surface area contributed by atoms with Gasteiger partial charge in [0.05, 0.1) is 12.9 Å². The van der Waals surface area contributed by atoms with E-state index >= 15 is 0 Å². The van der Waals surface area contributed by atoms with Crippen LogP contribution in [0.5, 0.6) is 0 Å². The molecule has 0 aromatic carbocycles. The Morgan fingerprint density at radius 2 is 2.03 bits per heavy atom. The van der Waals surface area contributed by atoms with Crippen LogP contribution < -0.4 is 16.8 Å². The summed E-state index contributed by atoms with van der Waals surface area (Å²) in [4.78, 5) is 45.1. The van der Waals surface area contributed by atoms with Gasteiger partial charge in [-0.25, -0.2) is 24.3 Å². The SMILES string of the molecule is CCC(=O)NCCCC[C@H](N)C(=O)OP(=O)(O)OC[C@H]1O[C@@H](n2cnc3c(N)ncnc32)[C@H](O)[C@@H]1O. The number of phosphoric acid groups is 1. The molecule has 1 aliphatic rings. The average molecular weight is 531 g/mol. The van der Waals surface area contributed by atoms with Crippen LogP contribution in [0.4, 0.5) is 5.82 Å². The van der Waals surface area contributed by atoms with Crippen molar-refractivity contribution in [1.29, 1.82) is 0 Å². The molecule has 1 aliphatic heterocycles. The fourth-order valence-corrected chi connectivity index (χ4v) is 4.24. The number of aromatic nitrogens is 4. The Labute approximate surface area is 205 Å². The van der Waals surface area contributed by atoms with Crippen LogP contribution in [0.15, 0.2) is 12.7 Å². The zero-order chi connectivity index (χ0) is 26.5. The minimum absolute atomic E-state index is 0.0932. The molecule has 0 spiro atoms. The molecule has 0 bridgehead atoms. The predicted molar refractivity (Wildman–Crippen MR) is 123 cm³/mol. The van der Waals surface area contributed by atoms with Crippen LogP contribution in [-0.4, -0.2) is 84.0 Å². The highest BCUT2D eigenvalue weighted by Crippen LogP contribution is 2.45. The van der Waals surface area contributed by atoms with Gasteiger partial charge in [-0.05, 0) is 19.3 Å². The molecule has 0 aliphatic carbocycles. The highest BCUT2D eigenvalue weighted by molar-refractivity contribution is 7.48. The second kappa shape index (κ2) is 12.0. The van der Waals surface area contributed by atoms with Crippen molar-refractivity contribution in [2.75, 3.05) is 18.9 Å². The zero-order valence-electron chi connectivity index (χ0n) is 19.5. The van der Waals surface area contributed by atoms with Crippen molar-refractivity contribution in [2.45, 2.75) is 63.2 Å². The topological polar surface area (TPSA) is 247 Å². The maximum atomic E-state index is 12.2. The highest BCUT2D eigenvalue weighted by Gasteiger charge is 2.45. The summed E-state index contributed by atoms with van der Waals surface area (Å²) >= 11 is 0. The minimum atomic E-state index is -4.90. The summed E-state index contributed by atoms with van der Waals surface area (Å²) in [6.45, 7) is 1.46. The number of nitrogen functional groups attached to an aromatic ring is 1. The monoisotopic (exact) mass is 531 g/mol. The van der Waals surface area contributed by atoms with E-state index in [-0.39, 0.29) is 29.3 Å². The molecule has 8 N–H and O–H groups in total. The molecular formula is C19H30N7O9P. The van der Waals surface area contributed by atoms with Gasteiger partial charge in [-0.2, -0.15) is 0 Å². The van der Waals surface area contributed by atoms with Crippen LogP contribution in [0.2, 0.25) is 0 Å². The summed E-state index contributed by atoms with van der Waals surface area (Å²) < 4.78 is 28.5. The molecule has 1 amide bonds. The van der Waals surface area contributed by atoms with Crippen LogP contribution in [-0.2, 0) is 27.9 Å². The third-order valence-electron chi connectivity index (χ3n) is 5.49. The number of rotatable bonds is 12. The number of imidazole rings is 1. The third-order valence-corrected chi connectivity index (χ3v) is 6.38. The number of unbranched alkanes of at least 4 members (excludes halogenated alkanes) is 1. The van der Waals surface area contributed by atoms with E-state index in [1.54, 1.807) is 6.92 Å². The normalized spacial score (nSPS) is 24.4. The number of aliphatic hydroxyl groups is 2. The van der Waals surface area contributed by atoms with Gasteiger partial charge in [0.25, 0.3) is 0 Å². The predicted octanol–water partition coefficient (Wildman–Crippen LogP) is -1.29. The Balaban J connectivity index is 1.49. The number of nitrogens with two attached hydrogens (primary N) is 2. The number of carbonyl (C=O) groups excluding carboxylic acids is 2. The van der Waals surface area contributed by atoms with Crippen molar-refractivity contribution in [3.8, 4) is 0 Å². The molecular weight excluding hydrogens is 501 g/mol. The first-order chi connectivity index (χ1) is 17.0. The second-order valence-corrected chi connectivity index (χ2v) is 9.49. The van der Waals surface area contributed by atoms with Crippen molar-refractivity contribution in [3.05, 3.63) is 12.7 Å². The van der Waals surface area contributed by atoms with E-state index in [4.69, 9.17) is 20.7 Å². The van der Waals surface area contributed by atoms with Crippen LogP contribution in [0.1, 0.15) is 38.8 Å². The van der Waals surface area contributed by atoms with Crippen LogP contribution in [0.25, 0.3) is 11.2 Å². The van der Waals surface area contributed by atoms with Gasteiger partial charge in [-0.1, -0.05) is 6.92 Å². The van der Waals surface area contributed by atoms with E-state index in [1.807, 2.05) is 0 Å². The van der Waals surface area contributed by atoms with Gasteiger partial charge in [-0.15, -0.1) is 0 Å². The number of nitrogens with zero attached hydrogens (tertiary/aromatic N) is 4. The van der Waals surface area contributed by atoms with Crippen molar-refractivity contribution in [1.82, 2.24) is 24.8 Å². The van der Waals surface area contributed by atoms with Gasteiger partial charge in [0.15, 0.2) is 17.7 Å².